The lowest BCUT2D eigenvalue weighted by atomic mass is 10.3. The molecule has 13 heavy (non-hydrogen) atoms. The standard InChI is InChI=1S/C11H9ClO/c12-9-5-2-6-10-13-11-7-3-1-4-8-11/h1,3-5,7-9H,10H2/b9-5-. The van der Waals surface area contributed by atoms with Crippen LogP contribution < -0.4 is 4.74 Å². The summed E-state index contributed by atoms with van der Waals surface area (Å²) in [6.07, 6.45) is 1.57. The molecule has 1 aromatic rings. The molecular weight excluding hydrogens is 184 g/mol. The number of rotatable bonds is 2. The molecule has 0 saturated heterocycles. The van der Waals surface area contributed by atoms with Gasteiger partial charge < -0.3 is 4.74 Å². The minimum atomic E-state index is 0.380. The van der Waals surface area contributed by atoms with Gasteiger partial charge in [-0.05, 0) is 18.2 Å². The molecule has 0 atom stereocenters. The molecule has 0 aliphatic heterocycles. The predicted octanol–water partition coefficient (Wildman–Crippen LogP) is 2.82. The molecule has 0 N–H and O–H groups in total. The third-order valence-electron chi connectivity index (χ3n) is 1.30. The fourth-order valence-electron chi connectivity index (χ4n) is 0.768. The van der Waals surface area contributed by atoms with E-state index in [1.165, 1.54) is 5.54 Å². The van der Waals surface area contributed by atoms with E-state index in [4.69, 9.17) is 16.3 Å². The Morgan fingerprint density at radius 1 is 1.31 bits per heavy atom. The fraction of sp³-hybridized carbons (Fsp3) is 0.0909. The van der Waals surface area contributed by atoms with Crippen LogP contribution in [0.15, 0.2) is 41.9 Å². The van der Waals surface area contributed by atoms with E-state index in [0.29, 0.717) is 6.61 Å². The lowest BCUT2D eigenvalue weighted by molar-refractivity contribution is 0.370. The SMILES string of the molecule is Cl/C=C\C#CCOc1ccccc1. The second-order valence-corrected chi connectivity index (χ2v) is 2.47. The van der Waals surface area contributed by atoms with Crippen molar-refractivity contribution in [1.82, 2.24) is 0 Å². The van der Waals surface area contributed by atoms with E-state index in [1.54, 1.807) is 6.08 Å². The van der Waals surface area contributed by atoms with Crippen molar-refractivity contribution in [3.63, 3.8) is 0 Å². The lowest BCUT2D eigenvalue weighted by Crippen LogP contribution is -1.92. The first-order valence-electron chi connectivity index (χ1n) is 3.85. The maximum Gasteiger partial charge on any atom is 0.149 e. The molecule has 0 fully saturated rings. The Morgan fingerprint density at radius 2 is 2.08 bits per heavy atom. The Kier molecular flexibility index (Phi) is 4.60. The van der Waals surface area contributed by atoms with Crippen molar-refractivity contribution in [2.75, 3.05) is 6.61 Å². The second kappa shape index (κ2) is 6.16. The molecule has 1 nitrogen and oxygen atoms in total. The summed E-state index contributed by atoms with van der Waals surface area (Å²) in [6.45, 7) is 0.380. The molecule has 0 unspecified atom stereocenters. The number of allylic oxidation sites excluding steroid dienone is 1. The third-order valence-corrected chi connectivity index (χ3v) is 1.43. The Labute approximate surface area is 83.0 Å². The van der Waals surface area contributed by atoms with Crippen molar-refractivity contribution in [2.24, 2.45) is 0 Å². The molecular formula is C11H9ClO. The van der Waals surface area contributed by atoms with Gasteiger partial charge in [-0.2, -0.15) is 0 Å². The summed E-state index contributed by atoms with van der Waals surface area (Å²) in [4.78, 5) is 0. The van der Waals surface area contributed by atoms with Crippen LogP contribution in [0.25, 0.3) is 0 Å². The number of hydrogen-bond donors (Lipinski definition) is 0. The molecule has 0 amide bonds. The highest BCUT2D eigenvalue weighted by Crippen LogP contribution is 2.07. The van der Waals surface area contributed by atoms with Gasteiger partial charge in [-0.15, -0.1) is 0 Å². The van der Waals surface area contributed by atoms with E-state index in [1.807, 2.05) is 30.3 Å². The van der Waals surface area contributed by atoms with Crippen molar-refractivity contribution in [1.29, 1.82) is 0 Å². The maximum atomic E-state index is 5.30. The van der Waals surface area contributed by atoms with Crippen molar-refractivity contribution in [3.05, 3.63) is 41.9 Å². The van der Waals surface area contributed by atoms with E-state index < -0.39 is 0 Å². The van der Waals surface area contributed by atoms with Crippen LogP contribution in [-0.4, -0.2) is 6.61 Å². The molecule has 0 heterocycles. The average molecular weight is 193 g/mol. The molecule has 0 spiro atoms. The van der Waals surface area contributed by atoms with Gasteiger partial charge in [0.15, 0.2) is 0 Å². The molecule has 0 bridgehead atoms. The normalized spacial score (nSPS) is 9.31. The van der Waals surface area contributed by atoms with Crippen LogP contribution in [0.5, 0.6) is 5.75 Å². The van der Waals surface area contributed by atoms with Gasteiger partial charge in [-0.3, -0.25) is 0 Å². The Balaban J connectivity index is 2.33. The van der Waals surface area contributed by atoms with Crippen LogP contribution in [0.1, 0.15) is 0 Å². The first kappa shape index (κ1) is 9.70. The molecule has 66 valence electrons. The van der Waals surface area contributed by atoms with E-state index in [-0.39, 0.29) is 0 Å². The summed E-state index contributed by atoms with van der Waals surface area (Å²) >= 11 is 5.27. The molecule has 0 radical (unpaired) electrons. The van der Waals surface area contributed by atoms with Crippen LogP contribution in [0.4, 0.5) is 0 Å². The average Bonchev–Trinajstić information content (AvgIpc) is 2.19. The first-order valence-corrected chi connectivity index (χ1v) is 4.28. The van der Waals surface area contributed by atoms with Crippen molar-refractivity contribution >= 4 is 11.6 Å². The predicted molar refractivity (Wildman–Crippen MR) is 54.7 cm³/mol. The summed E-state index contributed by atoms with van der Waals surface area (Å²) in [5.41, 5.74) is 1.37. The fourth-order valence-corrected chi connectivity index (χ4v) is 0.831. The summed E-state index contributed by atoms with van der Waals surface area (Å²) < 4.78 is 5.30. The Bertz CT molecular complexity index is 319. The van der Waals surface area contributed by atoms with Gasteiger partial charge in [0.25, 0.3) is 0 Å². The van der Waals surface area contributed by atoms with Crippen LogP contribution in [0.2, 0.25) is 0 Å². The molecule has 0 aliphatic rings. The van der Waals surface area contributed by atoms with Gasteiger partial charge in [0.1, 0.15) is 12.4 Å². The van der Waals surface area contributed by atoms with Gasteiger partial charge in [0.2, 0.25) is 0 Å². The van der Waals surface area contributed by atoms with Crippen LogP contribution in [-0.2, 0) is 0 Å². The van der Waals surface area contributed by atoms with Gasteiger partial charge >= 0.3 is 0 Å². The van der Waals surface area contributed by atoms with Crippen molar-refractivity contribution in [3.8, 4) is 17.6 Å². The lowest BCUT2D eigenvalue weighted by Gasteiger charge is -1.98. The molecule has 0 saturated carbocycles. The smallest absolute Gasteiger partial charge is 0.149 e. The van der Waals surface area contributed by atoms with Crippen molar-refractivity contribution < 1.29 is 4.74 Å². The quantitative estimate of drug-likeness (QED) is 0.655. The van der Waals surface area contributed by atoms with E-state index in [2.05, 4.69) is 11.8 Å². The highest BCUT2D eigenvalue weighted by Gasteiger charge is 1.85. The summed E-state index contributed by atoms with van der Waals surface area (Å²) in [7, 11) is 0. The highest BCUT2D eigenvalue weighted by atomic mass is 35.5. The van der Waals surface area contributed by atoms with Crippen molar-refractivity contribution in [2.45, 2.75) is 0 Å². The molecule has 0 aliphatic carbocycles. The zero-order chi connectivity index (χ0) is 9.36. The Morgan fingerprint density at radius 3 is 2.77 bits per heavy atom. The van der Waals surface area contributed by atoms with Gasteiger partial charge in [-0.25, -0.2) is 0 Å². The second-order valence-electron chi connectivity index (χ2n) is 2.22. The summed E-state index contributed by atoms with van der Waals surface area (Å²) in [6, 6.07) is 9.55. The number of benzene rings is 1. The third kappa shape index (κ3) is 4.25. The zero-order valence-electron chi connectivity index (χ0n) is 7.03. The summed E-state index contributed by atoms with van der Waals surface area (Å²) in [5.74, 6) is 6.33. The molecule has 1 aromatic carbocycles. The summed E-state index contributed by atoms with van der Waals surface area (Å²) in [5, 5.41) is 0. The zero-order valence-corrected chi connectivity index (χ0v) is 7.79. The molecule has 0 aromatic heterocycles. The largest absolute Gasteiger partial charge is 0.481 e. The minimum absolute atomic E-state index is 0.380. The van der Waals surface area contributed by atoms with Crippen LogP contribution >= 0.6 is 11.6 Å². The number of hydrogen-bond acceptors (Lipinski definition) is 1. The first-order chi connectivity index (χ1) is 6.43. The van der Waals surface area contributed by atoms with E-state index in [0.717, 1.165) is 5.75 Å². The minimum Gasteiger partial charge on any atom is -0.481 e. The topological polar surface area (TPSA) is 9.23 Å². The maximum absolute atomic E-state index is 5.30. The van der Waals surface area contributed by atoms with Gasteiger partial charge in [0, 0.05) is 5.54 Å². The molecule has 1 rings (SSSR count). The monoisotopic (exact) mass is 192 g/mol. The van der Waals surface area contributed by atoms with Crippen LogP contribution in [0.3, 0.4) is 0 Å². The number of ether oxygens (including phenoxy) is 1. The number of para-hydroxylation sites is 1. The van der Waals surface area contributed by atoms with Gasteiger partial charge in [0.05, 0.1) is 0 Å². The van der Waals surface area contributed by atoms with E-state index in [9.17, 15) is 0 Å². The Hall–Kier alpha value is -1.39. The van der Waals surface area contributed by atoms with E-state index >= 15 is 0 Å². The van der Waals surface area contributed by atoms with Crippen LogP contribution in [0, 0.1) is 11.8 Å². The molecule has 2 heteroatoms. The van der Waals surface area contributed by atoms with Gasteiger partial charge in [-0.1, -0.05) is 41.6 Å². The number of halogens is 1. The highest BCUT2D eigenvalue weighted by molar-refractivity contribution is 6.25.